The van der Waals surface area contributed by atoms with E-state index in [9.17, 15) is 9.59 Å². The molecule has 20 heavy (non-hydrogen) atoms. The van der Waals surface area contributed by atoms with E-state index in [1.807, 2.05) is 4.90 Å². The molecule has 2 saturated heterocycles. The molecule has 1 amide bonds. The van der Waals surface area contributed by atoms with E-state index in [2.05, 4.69) is 6.92 Å². The SMILES string of the molecule is CC1CCOC1C(=O)N1CCCCC1C1CCCC1=O. The van der Waals surface area contributed by atoms with E-state index in [1.54, 1.807) is 0 Å². The highest BCUT2D eigenvalue weighted by atomic mass is 16.5. The molecule has 3 rings (SSSR count). The predicted octanol–water partition coefficient (Wildman–Crippen LogP) is 2.16. The lowest BCUT2D eigenvalue weighted by Crippen LogP contribution is -2.52. The van der Waals surface area contributed by atoms with Crippen LogP contribution in [0.25, 0.3) is 0 Å². The highest BCUT2D eigenvalue weighted by Gasteiger charge is 2.42. The van der Waals surface area contributed by atoms with Gasteiger partial charge in [0.25, 0.3) is 5.91 Å². The van der Waals surface area contributed by atoms with Crippen LogP contribution in [-0.2, 0) is 14.3 Å². The van der Waals surface area contributed by atoms with Crippen molar-refractivity contribution in [2.75, 3.05) is 13.2 Å². The van der Waals surface area contributed by atoms with Gasteiger partial charge >= 0.3 is 0 Å². The lowest BCUT2D eigenvalue weighted by molar-refractivity contribution is -0.148. The summed E-state index contributed by atoms with van der Waals surface area (Å²) in [7, 11) is 0. The molecule has 2 aliphatic heterocycles. The maximum Gasteiger partial charge on any atom is 0.252 e. The van der Waals surface area contributed by atoms with E-state index in [-0.39, 0.29) is 24.0 Å². The second kappa shape index (κ2) is 5.84. The van der Waals surface area contributed by atoms with E-state index in [0.29, 0.717) is 24.7 Å². The highest BCUT2D eigenvalue weighted by molar-refractivity contribution is 5.86. The summed E-state index contributed by atoms with van der Waals surface area (Å²) in [6, 6.07) is 0.141. The van der Waals surface area contributed by atoms with Gasteiger partial charge in [-0.05, 0) is 44.4 Å². The smallest absolute Gasteiger partial charge is 0.252 e. The predicted molar refractivity (Wildman–Crippen MR) is 75.2 cm³/mol. The minimum absolute atomic E-state index is 0.0935. The standard InChI is InChI=1S/C16H25NO3/c1-11-8-10-20-15(11)16(19)17-9-3-2-6-13(17)12-5-4-7-14(12)18/h11-13,15H,2-10H2,1H3. The van der Waals surface area contributed by atoms with Crippen LogP contribution in [0.2, 0.25) is 0 Å². The van der Waals surface area contributed by atoms with E-state index in [0.717, 1.165) is 45.1 Å². The lowest BCUT2D eigenvalue weighted by Gasteiger charge is -2.40. The van der Waals surface area contributed by atoms with Gasteiger partial charge in [0.1, 0.15) is 11.9 Å². The van der Waals surface area contributed by atoms with E-state index in [4.69, 9.17) is 4.74 Å². The number of hydrogen-bond donors (Lipinski definition) is 0. The van der Waals surface area contributed by atoms with Crippen LogP contribution in [0, 0.1) is 11.8 Å². The monoisotopic (exact) mass is 279 g/mol. The van der Waals surface area contributed by atoms with Crippen LogP contribution >= 0.6 is 0 Å². The third-order valence-electron chi connectivity index (χ3n) is 5.28. The van der Waals surface area contributed by atoms with E-state index >= 15 is 0 Å². The van der Waals surface area contributed by atoms with Crippen molar-refractivity contribution < 1.29 is 14.3 Å². The van der Waals surface area contributed by atoms with Crippen LogP contribution in [0.3, 0.4) is 0 Å². The molecule has 0 N–H and O–H groups in total. The van der Waals surface area contributed by atoms with Gasteiger partial charge in [0, 0.05) is 31.5 Å². The van der Waals surface area contributed by atoms with Crippen molar-refractivity contribution in [3.63, 3.8) is 0 Å². The molecule has 0 aromatic carbocycles. The zero-order valence-electron chi connectivity index (χ0n) is 12.3. The summed E-state index contributed by atoms with van der Waals surface area (Å²) < 4.78 is 5.64. The Morgan fingerprint density at radius 3 is 2.70 bits per heavy atom. The molecule has 0 aromatic heterocycles. The van der Waals surface area contributed by atoms with Crippen LogP contribution in [-0.4, -0.2) is 41.9 Å². The van der Waals surface area contributed by atoms with Gasteiger partial charge in [0.05, 0.1) is 0 Å². The molecule has 0 bridgehead atoms. The first-order valence-electron chi connectivity index (χ1n) is 8.13. The summed E-state index contributed by atoms with van der Waals surface area (Å²) in [6.07, 6.45) is 6.56. The fourth-order valence-electron chi connectivity index (χ4n) is 4.07. The Hall–Kier alpha value is -0.900. The second-order valence-electron chi connectivity index (χ2n) is 6.62. The van der Waals surface area contributed by atoms with Crippen molar-refractivity contribution in [2.45, 2.75) is 64.0 Å². The second-order valence-corrected chi connectivity index (χ2v) is 6.62. The fourth-order valence-corrected chi connectivity index (χ4v) is 4.07. The number of ether oxygens (including phenoxy) is 1. The molecule has 0 radical (unpaired) electrons. The van der Waals surface area contributed by atoms with Gasteiger partial charge in [0.15, 0.2) is 0 Å². The largest absolute Gasteiger partial charge is 0.368 e. The Bertz CT molecular complexity index is 395. The fraction of sp³-hybridized carbons (Fsp3) is 0.875. The molecule has 2 heterocycles. The molecular formula is C16H25NO3. The molecule has 4 nitrogen and oxygen atoms in total. The van der Waals surface area contributed by atoms with Crippen molar-refractivity contribution in [1.29, 1.82) is 0 Å². The van der Waals surface area contributed by atoms with Crippen LogP contribution < -0.4 is 0 Å². The topological polar surface area (TPSA) is 46.6 Å². The van der Waals surface area contributed by atoms with E-state index < -0.39 is 0 Å². The zero-order chi connectivity index (χ0) is 14.1. The number of piperidine rings is 1. The zero-order valence-corrected chi connectivity index (χ0v) is 12.3. The normalized spacial score (nSPS) is 38.5. The van der Waals surface area contributed by atoms with Crippen molar-refractivity contribution >= 4 is 11.7 Å². The van der Waals surface area contributed by atoms with Gasteiger partial charge in [0.2, 0.25) is 0 Å². The Morgan fingerprint density at radius 1 is 1.20 bits per heavy atom. The molecule has 4 atom stereocenters. The molecule has 3 fully saturated rings. The van der Waals surface area contributed by atoms with Gasteiger partial charge in [-0.2, -0.15) is 0 Å². The molecular weight excluding hydrogens is 254 g/mol. The highest BCUT2D eigenvalue weighted by Crippen LogP contribution is 2.34. The molecule has 4 unspecified atom stereocenters. The Labute approximate surface area is 120 Å². The van der Waals surface area contributed by atoms with Gasteiger partial charge in [-0.1, -0.05) is 6.92 Å². The molecule has 112 valence electrons. The van der Waals surface area contributed by atoms with Crippen LogP contribution in [0.15, 0.2) is 0 Å². The number of rotatable bonds is 2. The van der Waals surface area contributed by atoms with Crippen LogP contribution in [0.4, 0.5) is 0 Å². The molecule has 0 spiro atoms. The number of likely N-dealkylation sites (tertiary alicyclic amines) is 1. The Morgan fingerprint density at radius 2 is 2.05 bits per heavy atom. The number of Topliss-reactive ketones (excluding diaryl/α,β-unsaturated/α-hetero) is 1. The minimum Gasteiger partial charge on any atom is -0.368 e. The van der Waals surface area contributed by atoms with Crippen LogP contribution in [0.1, 0.15) is 51.9 Å². The van der Waals surface area contributed by atoms with Crippen molar-refractivity contribution in [3.8, 4) is 0 Å². The number of ketones is 1. The Balaban J connectivity index is 1.74. The van der Waals surface area contributed by atoms with Gasteiger partial charge < -0.3 is 9.64 Å². The maximum atomic E-state index is 12.8. The Kier molecular flexibility index (Phi) is 4.11. The minimum atomic E-state index is -0.271. The maximum absolute atomic E-state index is 12.8. The third-order valence-corrected chi connectivity index (χ3v) is 5.28. The summed E-state index contributed by atoms with van der Waals surface area (Å²) in [6.45, 7) is 3.59. The third kappa shape index (κ3) is 2.50. The average Bonchev–Trinajstić information content (AvgIpc) is 3.06. The summed E-state index contributed by atoms with van der Waals surface area (Å²) >= 11 is 0. The summed E-state index contributed by atoms with van der Waals surface area (Å²) in [5.74, 6) is 0.912. The first-order valence-corrected chi connectivity index (χ1v) is 8.13. The van der Waals surface area contributed by atoms with Gasteiger partial charge in [-0.15, -0.1) is 0 Å². The number of amides is 1. The summed E-state index contributed by atoms with van der Waals surface area (Å²) in [5, 5.41) is 0. The van der Waals surface area contributed by atoms with Crippen molar-refractivity contribution in [2.24, 2.45) is 11.8 Å². The molecule has 3 aliphatic rings. The molecule has 0 aromatic rings. The van der Waals surface area contributed by atoms with Crippen molar-refractivity contribution in [3.05, 3.63) is 0 Å². The molecule has 4 heteroatoms. The average molecular weight is 279 g/mol. The summed E-state index contributed by atoms with van der Waals surface area (Å²) in [5.41, 5.74) is 0. The summed E-state index contributed by atoms with van der Waals surface area (Å²) in [4.78, 5) is 26.8. The number of hydrogen-bond acceptors (Lipinski definition) is 3. The van der Waals surface area contributed by atoms with Gasteiger partial charge in [-0.25, -0.2) is 0 Å². The quantitative estimate of drug-likeness (QED) is 0.778. The van der Waals surface area contributed by atoms with Crippen molar-refractivity contribution in [1.82, 2.24) is 4.90 Å². The number of carbonyl (C=O) groups is 2. The van der Waals surface area contributed by atoms with Crippen LogP contribution in [0.5, 0.6) is 0 Å². The molecule has 1 aliphatic carbocycles. The van der Waals surface area contributed by atoms with Gasteiger partial charge in [-0.3, -0.25) is 9.59 Å². The van der Waals surface area contributed by atoms with E-state index in [1.165, 1.54) is 0 Å². The lowest BCUT2D eigenvalue weighted by atomic mass is 9.87. The first-order chi connectivity index (χ1) is 9.68. The number of nitrogens with zero attached hydrogens (tertiary/aromatic N) is 1. The number of carbonyl (C=O) groups excluding carboxylic acids is 2. The molecule has 1 saturated carbocycles. The first kappa shape index (κ1) is 14.1.